The lowest BCUT2D eigenvalue weighted by molar-refractivity contribution is 0.185. The van der Waals surface area contributed by atoms with Gasteiger partial charge >= 0.3 is 0 Å². The summed E-state index contributed by atoms with van der Waals surface area (Å²) in [6.07, 6.45) is 2.79. The van der Waals surface area contributed by atoms with Crippen molar-refractivity contribution < 1.29 is 4.74 Å². The van der Waals surface area contributed by atoms with Crippen LogP contribution in [0.3, 0.4) is 0 Å². The molecule has 0 aromatic carbocycles. The number of pyridine rings is 1. The Morgan fingerprint density at radius 1 is 0.964 bits per heavy atom. The highest BCUT2D eigenvalue weighted by Gasteiger charge is 2.20. The van der Waals surface area contributed by atoms with Gasteiger partial charge in [0.15, 0.2) is 5.82 Å². The van der Waals surface area contributed by atoms with E-state index >= 15 is 0 Å². The molecule has 6 heteroatoms. The van der Waals surface area contributed by atoms with Crippen LogP contribution in [0.2, 0.25) is 0 Å². The third-order valence-corrected chi connectivity index (χ3v) is 4.80. The first kappa shape index (κ1) is 21.9. The highest BCUT2D eigenvalue weighted by atomic mass is 16.5. The number of anilines is 2. The second kappa shape index (κ2) is 10.2. The predicted octanol–water partition coefficient (Wildman–Crippen LogP) is 5.27. The van der Waals surface area contributed by atoms with Gasteiger partial charge in [-0.05, 0) is 44.2 Å². The second-order valence-electron chi connectivity index (χ2n) is 7.15. The maximum absolute atomic E-state index is 6.13. The molecule has 0 unspecified atom stereocenters. The summed E-state index contributed by atoms with van der Waals surface area (Å²) in [5.41, 5.74) is 3.80. The Hall–Kier alpha value is -2.37. The Morgan fingerprint density at radius 3 is 2.21 bits per heavy atom. The molecule has 2 heterocycles. The quantitative estimate of drug-likeness (QED) is 0.581. The molecule has 0 aliphatic carbocycles. The van der Waals surface area contributed by atoms with Crippen molar-refractivity contribution in [1.29, 1.82) is 0 Å². The van der Waals surface area contributed by atoms with Gasteiger partial charge in [-0.25, -0.2) is 15.0 Å². The largest absolute Gasteiger partial charge is 0.472 e. The minimum Gasteiger partial charge on any atom is -0.472 e. The smallest absolute Gasteiger partial charge is 0.257 e. The lowest BCUT2D eigenvalue weighted by Gasteiger charge is -2.20. The summed E-state index contributed by atoms with van der Waals surface area (Å²) in [6, 6.07) is 4.18. The van der Waals surface area contributed by atoms with Crippen LogP contribution in [0.1, 0.15) is 71.7 Å². The highest BCUT2D eigenvalue weighted by molar-refractivity contribution is 5.76. The van der Waals surface area contributed by atoms with Crippen molar-refractivity contribution in [2.75, 3.05) is 24.2 Å². The average Bonchev–Trinajstić information content (AvgIpc) is 2.71. The maximum atomic E-state index is 6.13. The molecule has 0 aliphatic rings. The SMILES string of the molecule is CCNc1nc(C(C)C)ccc1-c1nc(NC)c(OC(CC)CC)nc1CC. The van der Waals surface area contributed by atoms with E-state index in [-0.39, 0.29) is 6.10 Å². The molecule has 154 valence electrons. The third kappa shape index (κ3) is 4.91. The molecule has 0 amide bonds. The number of rotatable bonds is 10. The zero-order chi connectivity index (χ0) is 20.7. The topological polar surface area (TPSA) is 72.0 Å². The van der Waals surface area contributed by atoms with Gasteiger partial charge in [-0.1, -0.05) is 34.6 Å². The summed E-state index contributed by atoms with van der Waals surface area (Å²) in [6.45, 7) is 13.5. The Morgan fingerprint density at radius 2 is 1.68 bits per heavy atom. The summed E-state index contributed by atoms with van der Waals surface area (Å²) >= 11 is 0. The maximum Gasteiger partial charge on any atom is 0.257 e. The van der Waals surface area contributed by atoms with E-state index in [1.807, 2.05) is 7.05 Å². The first-order chi connectivity index (χ1) is 13.5. The number of aryl methyl sites for hydroxylation is 1. The van der Waals surface area contributed by atoms with Crippen LogP contribution in [0.5, 0.6) is 5.88 Å². The second-order valence-corrected chi connectivity index (χ2v) is 7.15. The van der Waals surface area contributed by atoms with Crippen LogP contribution in [-0.2, 0) is 6.42 Å². The van der Waals surface area contributed by atoms with E-state index in [4.69, 9.17) is 19.7 Å². The zero-order valence-corrected chi connectivity index (χ0v) is 18.4. The molecule has 0 atom stereocenters. The third-order valence-electron chi connectivity index (χ3n) is 4.80. The average molecular weight is 386 g/mol. The van der Waals surface area contributed by atoms with Crippen molar-refractivity contribution in [2.45, 2.75) is 72.8 Å². The summed E-state index contributed by atoms with van der Waals surface area (Å²) in [5, 5.41) is 6.55. The van der Waals surface area contributed by atoms with Crippen LogP contribution in [0.15, 0.2) is 12.1 Å². The Kier molecular flexibility index (Phi) is 8.03. The molecule has 0 aliphatic heterocycles. The standard InChI is InChI=1S/C22H35N5O/c1-8-15(9-2)28-22-21(23-7)27-19(17(10-3)26-22)16-12-13-18(14(5)6)25-20(16)24-11-4/h12-15H,8-11H2,1-7H3,(H,23,27)(H,24,25). The van der Waals surface area contributed by atoms with Crippen molar-refractivity contribution in [3.63, 3.8) is 0 Å². The molecule has 0 saturated heterocycles. The number of nitrogens with zero attached hydrogens (tertiary/aromatic N) is 3. The van der Waals surface area contributed by atoms with Gasteiger partial charge in [-0.2, -0.15) is 0 Å². The zero-order valence-electron chi connectivity index (χ0n) is 18.4. The summed E-state index contributed by atoms with van der Waals surface area (Å²) in [5.74, 6) is 2.46. The highest BCUT2D eigenvalue weighted by Crippen LogP contribution is 2.33. The minimum atomic E-state index is 0.140. The van der Waals surface area contributed by atoms with Gasteiger partial charge in [-0.3, -0.25) is 0 Å². The normalized spacial score (nSPS) is 11.2. The van der Waals surface area contributed by atoms with Gasteiger partial charge in [0, 0.05) is 24.8 Å². The molecule has 2 aromatic rings. The van der Waals surface area contributed by atoms with Crippen LogP contribution >= 0.6 is 0 Å². The molecular formula is C22H35N5O. The lowest BCUT2D eigenvalue weighted by Crippen LogP contribution is -2.17. The molecule has 2 rings (SSSR count). The predicted molar refractivity (Wildman–Crippen MR) is 117 cm³/mol. The first-order valence-electron chi connectivity index (χ1n) is 10.5. The fourth-order valence-electron chi connectivity index (χ4n) is 3.06. The van der Waals surface area contributed by atoms with Crippen molar-refractivity contribution in [3.8, 4) is 17.1 Å². The summed E-state index contributed by atoms with van der Waals surface area (Å²) in [7, 11) is 1.85. The van der Waals surface area contributed by atoms with E-state index < -0.39 is 0 Å². The number of ether oxygens (including phenoxy) is 1. The van der Waals surface area contributed by atoms with Crippen molar-refractivity contribution in [1.82, 2.24) is 15.0 Å². The fourth-order valence-corrected chi connectivity index (χ4v) is 3.06. The van der Waals surface area contributed by atoms with Gasteiger partial charge in [0.05, 0.1) is 11.4 Å². The van der Waals surface area contributed by atoms with Crippen LogP contribution in [0.4, 0.5) is 11.6 Å². The van der Waals surface area contributed by atoms with Crippen LogP contribution in [-0.4, -0.2) is 34.6 Å². The van der Waals surface area contributed by atoms with Gasteiger partial charge in [0.25, 0.3) is 5.88 Å². The Bertz CT molecular complexity index is 772. The fraction of sp³-hybridized carbons (Fsp3) is 0.591. The van der Waals surface area contributed by atoms with E-state index in [0.29, 0.717) is 17.6 Å². The minimum absolute atomic E-state index is 0.140. The van der Waals surface area contributed by atoms with E-state index in [1.54, 1.807) is 0 Å². The van der Waals surface area contributed by atoms with E-state index in [2.05, 4.69) is 64.3 Å². The van der Waals surface area contributed by atoms with Crippen LogP contribution in [0.25, 0.3) is 11.3 Å². The number of hydrogen-bond donors (Lipinski definition) is 2. The van der Waals surface area contributed by atoms with E-state index in [9.17, 15) is 0 Å². The molecule has 0 fully saturated rings. The van der Waals surface area contributed by atoms with Gasteiger partial charge < -0.3 is 15.4 Å². The van der Waals surface area contributed by atoms with Crippen molar-refractivity contribution >= 4 is 11.6 Å². The molecule has 0 radical (unpaired) electrons. The first-order valence-corrected chi connectivity index (χ1v) is 10.5. The number of nitrogens with one attached hydrogen (secondary N) is 2. The van der Waals surface area contributed by atoms with Gasteiger partial charge in [-0.15, -0.1) is 0 Å². The molecule has 2 aromatic heterocycles. The molecule has 6 nitrogen and oxygen atoms in total. The molecule has 2 N–H and O–H groups in total. The van der Waals surface area contributed by atoms with Gasteiger partial charge in [0.1, 0.15) is 11.9 Å². The van der Waals surface area contributed by atoms with Crippen molar-refractivity contribution in [2.24, 2.45) is 0 Å². The number of aromatic nitrogens is 3. The Balaban J connectivity index is 2.59. The lowest BCUT2D eigenvalue weighted by atomic mass is 10.0. The molecule has 0 bridgehead atoms. The molecule has 0 saturated carbocycles. The van der Waals surface area contributed by atoms with Gasteiger partial charge in [0.2, 0.25) is 0 Å². The Labute approximate surface area is 169 Å². The monoisotopic (exact) mass is 385 g/mol. The molecule has 0 spiro atoms. The molecular weight excluding hydrogens is 350 g/mol. The summed E-state index contributed by atoms with van der Waals surface area (Å²) in [4.78, 5) is 14.6. The van der Waals surface area contributed by atoms with E-state index in [0.717, 1.165) is 54.3 Å². The van der Waals surface area contributed by atoms with E-state index in [1.165, 1.54) is 0 Å². The van der Waals surface area contributed by atoms with Crippen LogP contribution in [0, 0.1) is 0 Å². The van der Waals surface area contributed by atoms with Crippen LogP contribution < -0.4 is 15.4 Å². The summed E-state index contributed by atoms with van der Waals surface area (Å²) < 4.78 is 6.13. The molecule has 28 heavy (non-hydrogen) atoms. The number of hydrogen-bond acceptors (Lipinski definition) is 6. The van der Waals surface area contributed by atoms with Crippen molar-refractivity contribution in [3.05, 3.63) is 23.5 Å².